The number of fused-ring (bicyclic) bond motifs is 1. The van der Waals surface area contributed by atoms with Crippen molar-refractivity contribution in [1.29, 1.82) is 0 Å². The van der Waals surface area contributed by atoms with Crippen molar-refractivity contribution in [3.05, 3.63) is 59.9 Å². The molecule has 0 bridgehead atoms. The molecule has 1 aliphatic rings. The van der Waals surface area contributed by atoms with Gasteiger partial charge in [-0.15, -0.1) is 5.10 Å². The molecule has 7 nitrogen and oxygen atoms in total. The van der Waals surface area contributed by atoms with Crippen molar-refractivity contribution in [2.24, 2.45) is 0 Å². The Morgan fingerprint density at radius 2 is 1.89 bits per heavy atom. The third-order valence-electron chi connectivity index (χ3n) is 4.82. The van der Waals surface area contributed by atoms with Crippen LogP contribution < -0.4 is 4.31 Å². The summed E-state index contributed by atoms with van der Waals surface area (Å²) in [6.45, 7) is 6.91. The summed E-state index contributed by atoms with van der Waals surface area (Å²) in [7, 11) is -3.66. The quantitative estimate of drug-likeness (QED) is 0.695. The summed E-state index contributed by atoms with van der Waals surface area (Å²) in [5.74, 6) is 0. The van der Waals surface area contributed by atoms with Crippen molar-refractivity contribution in [2.45, 2.75) is 37.5 Å². The van der Waals surface area contributed by atoms with Gasteiger partial charge in [0, 0.05) is 6.54 Å². The van der Waals surface area contributed by atoms with E-state index in [-0.39, 0.29) is 10.3 Å². The molecule has 0 saturated carbocycles. The van der Waals surface area contributed by atoms with Crippen molar-refractivity contribution < 1.29 is 8.42 Å². The number of aromatic nitrogens is 4. The van der Waals surface area contributed by atoms with Gasteiger partial charge in [0.15, 0.2) is 0 Å². The summed E-state index contributed by atoms with van der Waals surface area (Å²) in [5, 5.41) is 11.0. The Morgan fingerprint density at radius 1 is 1.07 bits per heavy atom. The molecule has 0 aliphatic carbocycles. The molecule has 0 radical (unpaired) electrons. The van der Waals surface area contributed by atoms with Gasteiger partial charge >= 0.3 is 0 Å². The first-order valence-electron chi connectivity index (χ1n) is 8.76. The minimum absolute atomic E-state index is 0.0293. The van der Waals surface area contributed by atoms with Crippen LogP contribution in [0, 0.1) is 0 Å². The van der Waals surface area contributed by atoms with Crippen LogP contribution in [0.3, 0.4) is 0 Å². The van der Waals surface area contributed by atoms with Crippen LogP contribution in [0.1, 0.15) is 31.9 Å². The minimum atomic E-state index is -3.66. The third kappa shape index (κ3) is 3.10. The molecule has 0 spiro atoms. The number of anilines is 1. The SMILES string of the molecule is CC(C)(C)c1ccc2c(c1)CCN2S(=O)(=O)c1cccc(-n2cnnn2)c1. The Balaban J connectivity index is 1.72. The zero-order valence-corrected chi connectivity index (χ0v) is 16.3. The molecule has 8 heteroatoms. The zero-order chi connectivity index (χ0) is 19.2. The highest BCUT2D eigenvalue weighted by atomic mass is 32.2. The highest BCUT2D eigenvalue weighted by Gasteiger charge is 2.32. The second-order valence-electron chi connectivity index (χ2n) is 7.67. The van der Waals surface area contributed by atoms with Gasteiger partial charge in [0.25, 0.3) is 10.0 Å². The second kappa shape index (κ2) is 6.16. The molecule has 0 atom stereocenters. The molecular formula is C19H21N5O2S. The fourth-order valence-electron chi connectivity index (χ4n) is 3.28. The Morgan fingerprint density at radius 3 is 2.59 bits per heavy atom. The first kappa shape index (κ1) is 17.7. The Bertz CT molecular complexity index is 1090. The molecule has 0 N–H and O–H groups in total. The van der Waals surface area contributed by atoms with Crippen LogP contribution in [-0.2, 0) is 21.9 Å². The van der Waals surface area contributed by atoms with Crippen LogP contribution in [-0.4, -0.2) is 35.2 Å². The number of hydrogen-bond acceptors (Lipinski definition) is 5. The highest BCUT2D eigenvalue weighted by Crippen LogP contribution is 2.36. The summed E-state index contributed by atoms with van der Waals surface area (Å²) >= 11 is 0. The third-order valence-corrected chi connectivity index (χ3v) is 6.63. The van der Waals surface area contributed by atoms with Gasteiger partial charge in [-0.2, -0.15) is 0 Å². The molecule has 4 rings (SSSR count). The van der Waals surface area contributed by atoms with Crippen molar-refractivity contribution in [1.82, 2.24) is 20.2 Å². The minimum Gasteiger partial charge on any atom is -0.266 e. The van der Waals surface area contributed by atoms with Crippen LogP contribution >= 0.6 is 0 Å². The predicted molar refractivity (Wildman–Crippen MR) is 103 cm³/mol. The van der Waals surface area contributed by atoms with E-state index < -0.39 is 10.0 Å². The summed E-state index contributed by atoms with van der Waals surface area (Å²) in [6.07, 6.45) is 2.15. The van der Waals surface area contributed by atoms with Gasteiger partial charge in [0.05, 0.1) is 16.3 Å². The van der Waals surface area contributed by atoms with Gasteiger partial charge in [-0.05, 0) is 57.7 Å². The van der Waals surface area contributed by atoms with Crippen LogP contribution in [0.25, 0.3) is 5.69 Å². The lowest BCUT2D eigenvalue weighted by Gasteiger charge is -2.22. The van der Waals surface area contributed by atoms with E-state index in [1.165, 1.54) is 20.9 Å². The molecule has 2 heterocycles. The van der Waals surface area contributed by atoms with Crippen LogP contribution in [0.4, 0.5) is 5.69 Å². The fraction of sp³-hybridized carbons (Fsp3) is 0.316. The van der Waals surface area contributed by atoms with E-state index in [1.807, 2.05) is 12.1 Å². The van der Waals surface area contributed by atoms with E-state index in [0.29, 0.717) is 18.7 Å². The van der Waals surface area contributed by atoms with E-state index in [0.717, 1.165) is 11.3 Å². The average molecular weight is 383 g/mol. The van der Waals surface area contributed by atoms with Gasteiger partial charge in [-0.3, -0.25) is 4.31 Å². The smallest absolute Gasteiger partial charge is 0.264 e. The molecule has 2 aromatic carbocycles. The molecule has 27 heavy (non-hydrogen) atoms. The van der Waals surface area contributed by atoms with Gasteiger partial charge in [0.2, 0.25) is 0 Å². The molecule has 0 unspecified atom stereocenters. The molecular weight excluding hydrogens is 362 g/mol. The summed E-state index contributed by atoms with van der Waals surface area (Å²) in [4.78, 5) is 0.225. The van der Waals surface area contributed by atoms with Crippen molar-refractivity contribution >= 4 is 15.7 Å². The first-order chi connectivity index (χ1) is 12.8. The van der Waals surface area contributed by atoms with E-state index in [9.17, 15) is 8.42 Å². The van der Waals surface area contributed by atoms with Crippen molar-refractivity contribution in [3.8, 4) is 5.69 Å². The Labute approximate surface area is 158 Å². The number of rotatable bonds is 3. The standard InChI is InChI=1S/C19H21N5O2S/c1-19(2,3)15-7-8-18-14(11-15)9-10-24(18)27(25,26)17-6-4-5-16(12-17)23-13-20-21-22-23/h4-8,11-13H,9-10H2,1-3H3. The van der Waals surface area contributed by atoms with E-state index >= 15 is 0 Å². The van der Waals surface area contributed by atoms with Gasteiger partial charge < -0.3 is 0 Å². The molecule has 1 aromatic heterocycles. The molecule has 0 amide bonds. The fourth-order valence-corrected chi connectivity index (χ4v) is 4.82. The largest absolute Gasteiger partial charge is 0.266 e. The average Bonchev–Trinajstić information content (AvgIpc) is 3.30. The van der Waals surface area contributed by atoms with Crippen molar-refractivity contribution in [2.75, 3.05) is 10.8 Å². The number of benzene rings is 2. The maximum atomic E-state index is 13.3. The normalized spacial score (nSPS) is 14.4. The lowest BCUT2D eigenvalue weighted by molar-refractivity contribution is 0.590. The molecule has 140 valence electrons. The molecule has 0 fully saturated rings. The zero-order valence-electron chi connectivity index (χ0n) is 15.5. The van der Waals surface area contributed by atoms with Crippen LogP contribution in [0.2, 0.25) is 0 Å². The van der Waals surface area contributed by atoms with E-state index in [2.05, 4.69) is 42.4 Å². The summed E-state index contributed by atoms with van der Waals surface area (Å²) in [5.41, 5.74) is 3.67. The first-order valence-corrected chi connectivity index (χ1v) is 10.2. The maximum absolute atomic E-state index is 13.3. The summed E-state index contributed by atoms with van der Waals surface area (Å²) in [6, 6.07) is 12.7. The van der Waals surface area contributed by atoms with E-state index in [1.54, 1.807) is 24.3 Å². The highest BCUT2D eigenvalue weighted by molar-refractivity contribution is 7.92. The maximum Gasteiger partial charge on any atom is 0.264 e. The monoisotopic (exact) mass is 383 g/mol. The number of tetrazole rings is 1. The second-order valence-corrected chi connectivity index (χ2v) is 9.53. The molecule has 3 aromatic rings. The lowest BCUT2D eigenvalue weighted by atomic mass is 9.86. The number of hydrogen-bond donors (Lipinski definition) is 0. The Kier molecular flexibility index (Phi) is 4.03. The van der Waals surface area contributed by atoms with Gasteiger partial charge in [-0.25, -0.2) is 13.1 Å². The summed E-state index contributed by atoms with van der Waals surface area (Å²) < 4.78 is 29.5. The van der Waals surface area contributed by atoms with Gasteiger partial charge in [-0.1, -0.05) is 39.0 Å². The predicted octanol–water partition coefficient (Wildman–Crippen LogP) is 2.71. The number of nitrogens with zero attached hydrogens (tertiary/aromatic N) is 5. The van der Waals surface area contributed by atoms with Crippen LogP contribution in [0.15, 0.2) is 53.7 Å². The molecule has 0 saturated heterocycles. The lowest BCUT2D eigenvalue weighted by Crippen LogP contribution is -2.29. The Hall–Kier alpha value is -2.74. The van der Waals surface area contributed by atoms with E-state index in [4.69, 9.17) is 0 Å². The topological polar surface area (TPSA) is 81.0 Å². The van der Waals surface area contributed by atoms with Crippen molar-refractivity contribution in [3.63, 3.8) is 0 Å². The van der Waals surface area contributed by atoms with Crippen LogP contribution in [0.5, 0.6) is 0 Å². The van der Waals surface area contributed by atoms with Gasteiger partial charge in [0.1, 0.15) is 6.33 Å². The molecule has 1 aliphatic heterocycles. The number of sulfonamides is 1.